The average Bonchev–Trinajstić information content (AvgIpc) is 3.86. The van der Waals surface area contributed by atoms with Gasteiger partial charge in [0.1, 0.15) is 0 Å². The van der Waals surface area contributed by atoms with Gasteiger partial charge in [-0.25, -0.2) is 9.97 Å². The van der Waals surface area contributed by atoms with Crippen LogP contribution in [0.2, 0.25) is 0 Å². The van der Waals surface area contributed by atoms with E-state index in [4.69, 9.17) is 9.97 Å². The molecular formula is C58H36N4. The molecule has 4 heteroatoms. The van der Waals surface area contributed by atoms with Gasteiger partial charge in [0.05, 0.1) is 44.5 Å². The number of rotatable bonds is 5. The molecule has 0 aliphatic rings. The van der Waals surface area contributed by atoms with Crippen LogP contribution in [0.1, 0.15) is 0 Å². The first-order chi connectivity index (χ1) is 30.8. The van der Waals surface area contributed by atoms with Crippen LogP contribution in [-0.4, -0.2) is 19.1 Å². The Kier molecular flexibility index (Phi) is 7.57. The molecule has 0 aliphatic heterocycles. The van der Waals surface area contributed by atoms with Crippen molar-refractivity contribution in [1.82, 2.24) is 19.1 Å². The molecule has 3 heterocycles. The summed E-state index contributed by atoms with van der Waals surface area (Å²) < 4.78 is 4.84. The fourth-order valence-corrected chi connectivity index (χ4v) is 9.89. The monoisotopic (exact) mass is 788 g/mol. The zero-order valence-electron chi connectivity index (χ0n) is 33.6. The molecule has 0 saturated heterocycles. The number of hydrogen-bond donors (Lipinski definition) is 0. The van der Waals surface area contributed by atoms with Crippen molar-refractivity contribution >= 4 is 76.2 Å². The Bertz CT molecular complexity index is 3890. The van der Waals surface area contributed by atoms with E-state index in [1.165, 1.54) is 49.0 Å². The summed E-state index contributed by atoms with van der Waals surface area (Å²) in [5, 5.41) is 9.56. The second-order valence-corrected chi connectivity index (χ2v) is 16.1. The molecule has 0 atom stereocenters. The molecule has 0 N–H and O–H groups in total. The summed E-state index contributed by atoms with van der Waals surface area (Å²) >= 11 is 0. The zero-order chi connectivity index (χ0) is 40.7. The lowest BCUT2D eigenvalue weighted by Gasteiger charge is -2.14. The summed E-state index contributed by atoms with van der Waals surface area (Å²) in [5.41, 5.74) is 15.0. The minimum absolute atomic E-state index is 0.878. The van der Waals surface area contributed by atoms with Gasteiger partial charge in [0, 0.05) is 49.4 Å². The van der Waals surface area contributed by atoms with Crippen LogP contribution in [0.4, 0.5) is 0 Å². The van der Waals surface area contributed by atoms with Crippen molar-refractivity contribution in [2.45, 2.75) is 0 Å². The van der Waals surface area contributed by atoms with Crippen LogP contribution in [0.25, 0.3) is 121 Å². The Morgan fingerprint density at radius 1 is 0.290 bits per heavy atom. The van der Waals surface area contributed by atoms with E-state index >= 15 is 0 Å². The molecule has 4 nitrogen and oxygen atoms in total. The van der Waals surface area contributed by atoms with Crippen molar-refractivity contribution in [2.24, 2.45) is 0 Å². The smallest absolute Gasteiger partial charge is 0.0979 e. The Hall–Kier alpha value is -8.34. The fourth-order valence-electron chi connectivity index (χ4n) is 9.89. The molecule has 0 bridgehead atoms. The first-order valence-electron chi connectivity index (χ1n) is 21.2. The molecule has 0 radical (unpaired) electrons. The third kappa shape index (κ3) is 5.20. The largest absolute Gasteiger partial charge is 0.309 e. The van der Waals surface area contributed by atoms with E-state index < -0.39 is 0 Å². The maximum atomic E-state index is 5.52. The highest BCUT2D eigenvalue weighted by Gasteiger charge is 2.22. The van der Waals surface area contributed by atoms with Crippen LogP contribution in [-0.2, 0) is 0 Å². The highest BCUT2D eigenvalue weighted by atomic mass is 15.0. The molecule has 0 unspecified atom stereocenters. The second-order valence-electron chi connectivity index (χ2n) is 16.1. The molecule has 0 spiro atoms. The fraction of sp³-hybridized carbons (Fsp3) is 0. The summed E-state index contributed by atoms with van der Waals surface area (Å²) in [4.78, 5) is 10.9. The minimum Gasteiger partial charge on any atom is -0.309 e. The first kappa shape index (κ1) is 34.5. The van der Waals surface area contributed by atoms with Crippen molar-refractivity contribution in [3.63, 3.8) is 0 Å². The molecule has 10 aromatic carbocycles. The van der Waals surface area contributed by atoms with Gasteiger partial charge >= 0.3 is 0 Å². The summed E-state index contributed by atoms with van der Waals surface area (Å²) in [6, 6.07) is 78.4. The molecule has 13 aromatic rings. The van der Waals surface area contributed by atoms with Gasteiger partial charge in [-0.05, 0) is 94.0 Å². The number of hydrogen-bond acceptors (Lipinski definition) is 2. The number of aromatic nitrogens is 4. The topological polar surface area (TPSA) is 35.6 Å². The number of nitrogens with zero attached hydrogens (tertiary/aromatic N) is 4. The van der Waals surface area contributed by atoms with Crippen LogP contribution >= 0.6 is 0 Å². The van der Waals surface area contributed by atoms with Crippen LogP contribution in [0.5, 0.6) is 0 Å². The SMILES string of the molecule is c1ccc(-c2nc3ccc4ccc5ccc(-c6ccc7c(c6)c6c8c9ccccc9n(-c9ccccc9)c8ccc6n7-c6ccccc6)cc5c4c3nc2-c2ccccc2)cc1. The molecular weight excluding hydrogens is 753 g/mol. The standard InChI is InChI=1S/C58H36N4/c1-5-15-39(16-6-1)56-57(40-17-7-2-8-18-40)60-58-48(59-56)31-29-38-27-25-37-26-28-41(35-46(37)53(38)58)42-30-32-50-47(36-42)55-52(62(50)44-21-11-4-12-22-44)34-33-51-54(55)45-23-13-14-24-49(45)61(51)43-19-9-3-10-20-43/h1-36H. The Labute approximate surface area is 357 Å². The van der Waals surface area contributed by atoms with E-state index in [0.29, 0.717) is 0 Å². The predicted molar refractivity (Wildman–Crippen MR) is 260 cm³/mol. The molecule has 288 valence electrons. The van der Waals surface area contributed by atoms with Crippen molar-refractivity contribution < 1.29 is 0 Å². The van der Waals surface area contributed by atoms with E-state index in [1.807, 2.05) is 12.1 Å². The van der Waals surface area contributed by atoms with Gasteiger partial charge in [-0.3, -0.25) is 0 Å². The number of fused-ring (bicyclic) bond motifs is 12. The van der Waals surface area contributed by atoms with Crippen molar-refractivity contribution in [2.75, 3.05) is 0 Å². The molecule has 0 fully saturated rings. The van der Waals surface area contributed by atoms with Crippen LogP contribution in [0.15, 0.2) is 218 Å². The van der Waals surface area contributed by atoms with E-state index in [1.54, 1.807) is 0 Å². The average molecular weight is 789 g/mol. The van der Waals surface area contributed by atoms with Crippen LogP contribution < -0.4 is 0 Å². The van der Waals surface area contributed by atoms with Crippen molar-refractivity contribution in [3.8, 4) is 45.0 Å². The lowest BCUT2D eigenvalue weighted by atomic mass is 9.95. The van der Waals surface area contributed by atoms with Gasteiger partial charge in [-0.2, -0.15) is 0 Å². The molecule has 0 saturated carbocycles. The Morgan fingerprint density at radius 3 is 1.42 bits per heavy atom. The number of para-hydroxylation sites is 3. The molecule has 13 rings (SSSR count). The Balaban J connectivity index is 1.08. The van der Waals surface area contributed by atoms with E-state index in [2.05, 4.69) is 215 Å². The molecule has 62 heavy (non-hydrogen) atoms. The predicted octanol–water partition coefficient (Wildman–Crippen LogP) is 15.1. The zero-order valence-corrected chi connectivity index (χ0v) is 33.6. The lowest BCUT2D eigenvalue weighted by Crippen LogP contribution is -1.96. The van der Waals surface area contributed by atoms with Gasteiger partial charge < -0.3 is 9.13 Å². The highest BCUT2D eigenvalue weighted by molar-refractivity contribution is 6.29. The van der Waals surface area contributed by atoms with Gasteiger partial charge in [0.15, 0.2) is 0 Å². The summed E-state index contributed by atoms with van der Waals surface area (Å²) in [6.07, 6.45) is 0. The molecule has 3 aromatic heterocycles. The quantitative estimate of drug-likeness (QED) is 0.163. The lowest BCUT2D eigenvalue weighted by molar-refractivity contribution is 1.17. The van der Waals surface area contributed by atoms with Gasteiger partial charge in [-0.15, -0.1) is 0 Å². The third-order valence-corrected chi connectivity index (χ3v) is 12.7. The van der Waals surface area contributed by atoms with Gasteiger partial charge in [0.2, 0.25) is 0 Å². The molecule has 0 aliphatic carbocycles. The van der Waals surface area contributed by atoms with Crippen molar-refractivity contribution in [3.05, 3.63) is 218 Å². The highest BCUT2D eigenvalue weighted by Crippen LogP contribution is 2.44. The summed E-state index contributed by atoms with van der Waals surface area (Å²) in [7, 11) is 0. The van der Waals surface area contributed by atoms with Crippen molar-refractivity contribution in [1.29, 1.82) is 0 Å². The van der Waals surface area contributed by atoms with Gasteiger partial charge in [0.25, 0.3) is 0 Å². The Morgan fingerprint density at radius 2 is 0.758 bits per heavy atom. The maximum absolute atomic E-state index is 5.52. The van der Waals surface area contributed by atoms with Gasteiger partial charge in [-0.1, -0.05) is 152 Å². The third-order valence-electron chi connectivity index (χ3n) is 12.7. The summed E-state index contributed by atoms with van der Waals surface area (Å²) in [5.74, 6) is 0. The van der Waals surface area contributed by atoms with Crippen LogP contribution in [0, 0.1) is 0 Å². The van der Waals surface area contributed by atoms with E-state index in [-0.39, 0.29) is 0 Å². The van der Waals surface area contributed by atoms with E-state index in [9.17, 15) is 0 Å². The maximum Gasteiger partial charge on any atom is 0.0979 e. The van der Waals surface area contributed by atoms with Crippen LogP contribution in [0.3, 0.4) is 0 Å². The summed E-state index contributed by atoms with van der Waals surface area (Å²) in [6.45, 7) is 0. The molecule has 0 amide bonds. The number of benzene rings is 10. The van der Waals surface area contributed by atoms with E-state index in [0.717, 1.165) is 72.2 Å². The second kappa shape index (κ2) is 13.6. The normalized spacial score (nSPS) is 11.9. The first-order valence-corrected chi connectivity index (χ1v) is 21.2. The minimum atomic E-state index is 0.878.